The summed E-state index contributed by atoms with van der Waals surface area (Å²) in [6, 6.07) is 13.7. The number of hydrogen-bond donors (Lipinski definition) is 2. The summed E-state index contributed by atoms with van der Waals surface area (Å²) in [5, 5.41) is 5.91. The van der Waals surface area contributed by atoms with E-state index in [9.17, 15) is 9.59 Å². The normalized spacial score (nSPS) is 14.8. The molecule has 2 aromatic rings. The van der Waals surface area contributed by atoms with Crippen molar-refractivity contribution in [2.75, 3.05) is 10.6 Å². The van der Waals surface area contributed by atoms with Crippen LogP contribution in [0.2, 0.25) is 0 Å². The quantitative estimate of drug-likeness (QED) is 0.896. The van der Waals surface area contributed by atoms with Gasteiger partial charge in [0.15, 0.2) is 0 Å². The van der Waals surface area contributed by atoms with Crippen molar-refractivity contribution in [1.82, 2.24) is 0 Å². The number of benzene rings is 2. The summed E-state index contributed by atoms with van der Waals surface area (Å²) in [5.41, 5.74) is 4.02. The van der Waals surface area contributed by atoms with E-state index in [0.717, 1.165) is 40.9 Å². The Morgan fingerprint density at radius 3 is 2.21 bits per heavy atom. The molecule has 2 aromatic carbocycles. The minimum Gasteiger partial charge on any atom is -0.326 e. The third-order valence-corrected chi connectivity index (χ3v) is 4.73. The molecule has 0 atom stereocenters. The fourth-order valence-electron chi connectivity index (χ4n) is 3.12. The van der Waals surface area contributed by atoms with Crippen molar-refractivity contribution in [1.29, 1.82) is 0 Å². The molecule has 1 aliphatic carbocycles. The lowest BCUT2D eigenvalue weighted by Gasteiger charge is -2.19. The molecule has 24 heavy (non-hydrogen) atoms. The predicted octanol–water partition coefficient (Wildman–Crippen LogP) is 3.93. The SMILES string of the molecule is CC(=O)Nc1c(C)ccc(NC(=O)C2(c3ccccc3)CC2)c1C. The largest absolute Gasteiger partial charge is 0.326 e. The van der Waals surface area contributed by atoms with Gasteiger partial charge in [0, 0.05) is 18.3 Å². The van der Waals surface area contributed by atoms with Gasteiger partial charge in [-0.25, -0.2) is 0 Å². The zero-order valence-corrected chi connectivity index (χ0v) is 14.3. The van der Waals surface area contributed by atoms with Crippen LogP contribution in [-0.2, 0) is 15.0 Å². The van der Waals surface area contributed by atoms with Crippen molar-refractivity contribution in [3.05, 3.63) is 59.2 Å². The minimum absolute atomic E-state index is 0.0226. The zero-order chi connectivity index (χ0) is 17.3. The molecule has 1 aliphatic rings. The van der Waals surface area contributed by atoms with E-state index < -0.39 is 5.41 Å². The first-order valence-corrected chi connectivity index (χ1v) is 8.19. The minimum atomic E-state index is -0.410. The molecule has 0 spiro atoms. The summed E-state index contributed by atoms with van der Waals surface area (Å²) >= 11 is 0. The summed E-state index contributed by atoms with van der Waals surface area (Å²) in [4.78, 5) is 24.3. The first kappa shape index (κ1) is 16.2. The van der Waals surface area contributed by atoms with Gasteiger partial charge >= 0.3 is 0 Å². The number of aryl methyl sites for hydroxylation is 1. The molecule has 0 bridgehead atoms. The Morgan fingerprint density at radius 1 is 0.958 bits per heavy atom. The van der Waals surface area contributed by atoms with Gasteiger partial charge in [-0.05, 0) is 49.4 Å². The fraction of sp³-hybridized carbons (Fsp3) is 0.300. The molecule has 2 N–H and O–H groups in total. The van der Waals surface area contributed by atoms with Gasteiger partial charge in [0.05, 0.1) is 5.41 Å². The van der Waals surface area contributed by atoms with E-state index in [-0.39, 0.29) is 11.8 Å². The third kappa shape index (κ3) is 2.92. The van der Waals surface area contributed by atoms with Gasteiger partial charge in [-0.2, -0.15) is 0 Å². The van der Waals surface area contributed by atoms with Crippen molar-refractivity contribution >= 4 is 23.2 Å². The lowest BCUT2D eigenvalue weighted by atomic mass is 9.94. The maximum atomic E-state index is 12.9. The van der Waals surface area contributed by atoms with E-state index in [0.29, 0.717) is 0 Å². The van der Waals surface area contributed by atoms with E-state index in [1.807, 2.05) is 56.3 Å². The molecular weight excluding hydrogens is 300 g/mol. The van der Waals surface area contributed by atoms with Crippen LogP contribution in [0.25, 0.3) is 0 Å². The fourth-order valence-corrected chi connectivity index (χ4v) is 3.12. The van der Waals surface area contributed by atoms with Gasteiger partial charge in [0.1, 0.15) is 0 Å². The number of anilines is 2. The highest BCUT2D eigenvalue weighted by Crippen LogP contribution is 2.49. The van der Waals surface area contributed by atoms with Crippen LogP contribution in [-0.4, -0.2) is 11.8 Å². The highest BCUT2D eigenvalue weighted by Gasteiger charge is 2.51. The van der Waals surface area contributed by atoms with Crippen LogP contribution in [0.4, 0.5) is 11.4 Å². The molecule has 4 heteroatoms. The Morgan fingerprint density at radius 2 is 1.62 bits per heavy atom. The smallest absolute Gasteiger partial charge is 0.235 e. The van der Waals surface area contributed by atoms with Crippen molar-refractivity contribution in [3.8, 4) is 0 Å². The van der Waals surface area contributed by atoms with Crippen molar-refractivity contribution < 1.29 is 9.59 Å². The molecule has 0 radical (unpaired) electrons. The molecule has 0 aromatic heterocycles. The van der Waals surface area contributed by atoms with Crippen LogP contribution in [0, 0.1) is 13.8 Å². The Bertz CT molecular complexity index is 793. The van der Waals surface area contributed by atoms with Crippen molar-refractivity contribution in [3.63, 3.8) is 0 Å². The Labute approximate surface area is 142 Å². The molecule has 0 saturated heterocycles. The second kappa shape index (κ2) is 6.11. The van der Waals surface area contributed by atoms with E-state index >= 15 is 0 Å². The summed E-state index contributed by atoms with van der Waals surface area (Å²) in [5.74, 6) is -0.0953. The van der Waals surface area contributed by atoms with E-state index in [1.165, 1.54) is 6.92 Å². The highest BCUT2D eigenvalue weighted by molar-refractivity contribution is 6.03. The topological polar surface area (TPSA) is 58.2 Å². The van der Waals surface area contributed by atoms with Crippen LogP contribution < -0.4 is 10.6 Å². The second-order valence-electron chi connectivity index (χ2n) is 6.51. The van der Waals surface area contributed by atoms with Gasteiger partial charge in [-0.15, -0.1) is 0 Å². The van der Waals surface area contributed by atoms with Crippen LogP contribution in [0.15, 0.2) is 42.5 Å². The number of rotatable bonds is 4. The average molecular weight is 322 g/mol. The molecule has 4 nitrogen and oxygen atoms in total. The van der Waals surface area contributed by atoms with E-state index in [1.54, 1.807) is 0 Å². The Kier molecular flexibility index (Phi) is 4.14. The van der Waals surface area contributed by atoms with Crippen LogP contribution in [0.5, 0.6) is 0 Å². The van der Waals surface area contributed by atoms with Crippen molar-refractivity contribution in [2.24, 2.45) is 0 Å². The van der Waals surface area contributed by atoms with Gasteiger partial charge in [-0.1, -0.05) is 36.4 Å². The van der Waals surface area contributed by atoms with Gasteiger partial charge in [-0.3, -0.25) is 9.59 Å². The monoisotopic (exact) mass is 322 g/mol. The molecule has 1 saturated carbocycles. The first-order chi connectivity index (χ1) is 11.4. The van der Waals surface area contributed by atoms with Crippen LogP contribution in [0.1, 0.15) is 36.5 Å². The molecular formula is C20H22N2O2. The lowest BCUT2D eigenvalue weighted by molar-refractivity contribution is -0.118. The molecule has 0 unspecified atom stereocenters. The van der Waals surface area contributed by atoms with Crippen LogP contribution in [0.3, 0.4) is 0 Å². The second-order valence-corrected chi connectivity index (χ2v) is 6.51. The molecule has 124 valence electrons. The van der Waals surface area contributed by atoms with E-state index in [4.69, 9.17) is 0 Å². The summed E-state index contributed by atoms with van der Waals surface area (Å²) in [6.07, 6.45) is 1.73. The van der Waals surface area contributed by atoms with Gasteiger partial charge in [0.25, 0.3) is 0 Å². The first-order valence-electron chi connectivity index (χ1n) is 8.19. The number of carbonyl (C=O) groups is 2. The third-order valence-electron chi connectivity index (χ3n) is 4.73. The molecule has 1 fully saturated rings. The number of carbonyl (C=O) groups excluding carboxylic acids is 2. The molecule has 2 amide bonds. The average Bonchev–Trinajstić information content (AvgIpc) is 3.36. The predicted molar refractivity (Wildman–Crippen MR) is 96.2 cm³/mol. The van der Waals surface area contributed by atoms with Gasteiger partial charge < -0.3 is 10.6 Å². The lowest BCUT2D eigenvalue weighted by Crippen LogP contribution is -2.28. The molecule has 3 rings (SSSR count). The molecule has 0 heterocycles. The summed E-state index contributed by atoms with van der Waals surface area (Å²) in [6.45, 7) is 5.34. The highest BCUT2D eigenvalue weighted by atomic mass is 16.2. The molecule has 0 aliphatic heterocycles. The summed E-state index contributed by atoms with van der Waals surface area (Å²) in [7, 11) is 0. The van der Waals surface area contributed by atoms with E-state index in [2.05, 4.69) is 10.6 Å². The van der Waals surface area contributed by atoms with Crippen molar-refractivity contribution in [2.45, 2.75) is 39.0 Å². The Hall–Kier alpha value is -2.62. The maximum absolute atomic E-state index is 12.9. The summed E-state index contributed by atoms with van der Waals surface area (Å²) < 4.78 is 0. The zero-order valence-electron chi connectivity index (χ0n) is 14.3. The number of nitrogens with one attached hydrogen (secondary N) is 2. The standard InChI is InChI=1S/C20H22N2O2/c1-13-9-10-17(14(2)18(13)21-15(3)23)22-19(24)20(11-12-20)16-7-5-4-6-8-16/h4-10H,11-12H2,1-3H3,(H,21,23)(H,22,24). The van der Waals surface area contributed by atoms with Gasteiger partial charge in [0.2, 0.25) is 11.8 Å². The number of amides is 2. The Balaban J connectivity index is 1.87. The maximum Gasteiger partial charge on any atom is 0.235 e. The number of hydrogen-bond acceptors (Lipinski definition) is 2. The van der Waals surface area contributed by atoms with Crippen LogP contribution >= 0.6 is 0 Å².